The third kappa shape index (κ3) is 4.20. The summed E-state index contributed by atoms with van der Waals surface area (Å²) in [7, 11) is -0.879. The number of methoxy groups -OCH3 is 2. The predicted octanol–water partition coefficient (Wildman–Crippen LogP) is 3.43. The van der Waals surface area contributed by atoms with Crippen LogP contribution in [-0.4, -0.2) is 37.9 Å². The number of thioether (sulfide) groups is 1. The van der Waals surface area contributed by atoms with E-state index in [-0.39, 0.29) is 9.88 Å². The van der Waals surface area contributed by atoms with E-state index in [2.05, 4.69) is 4.83 Å². The highest BCUT2D eigenvalue weighted by Gasteiger charge is 2.35. The minimum atomic E-state index is -3.93. The Labute approximate surface area is 172 Å². The zero-order valence-corrected chi connectivity index (χ0v) is 17.4. The van der Waals surface area contributed by atoms with Crippen LogP contribution in [0.5, 0.6) is 11.5 Å². The topological polar surface area (TPSA) is 84.9 Å². The highest BCUT2D eigenvalue weighted by molar-refractivity contribution is 8.19. The van der Waals surface area contributed by atoms with Crippen LogP contribution in [0.3, 0.4) is 0 Å². The Kier molecular flexibility index (Phi) is 6.04. The van der Waals surface area contributed by atoms with Gasteiger partial charge in [-0.1, -0.05) is 36.5 Å². The molecule has 1 heterocycles. The minimum absolute atomic E-state index is 0.0351. The van der Waals surface area contributed by atoms with Crippen molar-refractivity contribution in [3.05, 3.63) is 59.0 Å². The van der Waals surface area contributed by atoms with Gasteiger partial charge in [-0.15, -0.1) is 4.83 Å². The molecule has 0 aliphatic carbocycles. The number of carbonyl (C=O) groups is 1. The molecule has 1 aliphatic rings. The quantitative estimate of drug-likeness (QED) is 0.548. The van der Waals surface area contributed by atoms with E-state index in [1.54, 1.807) is 42.5 Å². The molecule has 3 rings (SSSR count). The number of thiocarbonyl (C=S) groups is 1. The number of hydrogen-bond donors (Lipinski definition) is 1. The van der Waals surface area contributed by atoms with Crippen LogP contribution in [0.1, 0.15) is 5.56 Å². The molecule has 7 nitrogen and oxygen atoms in total. The Bertz CT molecular complexity index is 1050. The first-order valence-electron chi connectivity index (χ1n) is 7.93. The summed E-state index contributed by atoms with van der Waals surface area (Å²) in [6, 6.07) is 13.0. The molecule has 2 aromatic carbocycles. The standard InChI is InChI=1S/C18H16N2O5S3/c1-24-14-9-8-12(10-15(14)25-2)11-16-17(26)20(18(21)27-16)19-28(22,23)13-6-4-3-5-7-13/h3-11,19H,1-2H3. The van der Waals surface area contributed by atoms with E-state index in [1.807, 2.05) is 0 Å². The molecule has 28 heavy (non-hydrogen) atoms. The molecular weight excluding hydrogens is 420 g/mol. The van der Waals surface area contributed by atoms with Crippen LogP contribution >= 0.6 is 24.0 Å². The molecule has 0 atom stereocenters. The minimum Gasteiger partial charge on any atom is -0.493 e. The number of nitrogens with one attached hydrogen (secondary N) is 1. The summed E-state index contributed by atoms with van der Waals surface area (Å²) in [4.78, 5) is 15.1. The van der Waals surface area contributed by atoms with E-state index in [1.165, 1.54) is 26.4 Å². The van der Waals surface area contributed by atoms with Crippen molar-refractivity contribution in [2.75, 3.05) is 14.2 Å². The number of nitrogens with zero attached hydrogens (tertiary/aromatic N) is 1. The largest absolute Gasteiger partial charge is 0.493 e. The van der Waals surface area contributed by atoms with Gasteiger partial charge in [0.2, 0.25) is 0 Å². The van der Waals surface area contributed by atoms with Crippen molar-refractivity contribution in [2.45, 2.75) is 4.90 Å². The molecule has 1 N–H and O–H groups in total. The van der Waals surface area contributed by atoms with Crippen molar-refractivity contribution < 1.29 is 22.7 Å². The van der Waals surface area contributed by atoms with Gasteiger partial charge in [-0.2, -0.15) is 0 Å². The maximum Gasteiger partial charge on any atom is 0.307 e. The summed E-state index contributed by atoms with van der Waals surface area (Å²) in [6.45, 7) is 0. The highest BCUT2D eigenvalue weighted by Crippen LogP contribution is 2.34. The summed E-state index contributed by atoms with van der Waals surface area (Å²) in [6.07, 6.45) is 1.68. The van der Waals surface area contributed by atoms with Gasteiger partial charge in [0.15, 0.2) is 11.5 Å². The van der Waals surface area contributed by atoms with Crippen molar-refractivity contribution in [3.8, 4) is 11.5 Å². The number of benzene rings is 2. The number of rotatable bonds is 6. The predicted molar refractivity (Wildman–Crippen MR) is 112 cm³/mol. The third-order valence-electron chi connectivity index (χ3n) is 3.76. The number of hydrogen-bond acceptors (Lipinski definition) is 7. The van der Waals surface area contributed by atoms with Crippen LogP contribution < -0.4 is 14.3 Å². The van der Waals surface area contributed by atoms with Crippen LogP contribution in [-0.2, 0) is 10.0 Å². The molecule has 146 valence electrons. The van der Waals surface area contributed by atoms with Gasteiger partial charge in [0.05, 0.1) is 24.0 Å². The molecule has 0 aromatic heterocycles. The lowest BCUT2D eigenvalue weighted by molar-refractivity contribution is 0.241. The van der Waals surface area contributed by atoms with Crippen LogP contribution in [0.4, 0.5) is 4.79 Å². The second-order valence-electron chi connectivity index (χ2n) is 5.54. The molecule has 1 saturated heterocycles. The molecular formula is C18H16N2O5S3. The summed E-state index contributed by atoms with van der Waals surface area (Å²) >= 11 is 6.14. The monoisotopic (exact) mass is 436 g/mol. The van der Waals surface area contributed by atoms with Gasteiger partial charge in [-0.3, -0.25) is 4.79 Å². The number of ether oxygens (including phenoxy) is 2. The Morgan fingerprint density at radius 3 is 2.39 bits per heavy atom. The fourth-order valence-corrected chi connectivity index (χ4v) is 4.72. The Hall–Kier alpha value is -2.40. The van der Waals surface area contributed by atoms with Gasteiger partial charge in [0.1, 0.15) is 4.99 Å². The van der Waals surface area contributed by atoms with E-state index in [9.17, 15) is 13.2 Å². The summed E-state index contributed by atoms with van der Waals surface area (Å²) < 4.78 is 35.4. The average molecular weight is 437 g/mol. The van der Waals surface area contributed by atoms with Gasteiger partial charge in [-0.25, -0.2) is 13.4 Å². The van der Waals surface area contributed by atoms with Crippen LogP contribution in [0.15, 0.2) is 58.3 Å². The summed E-state index contributed by atoms with van der Waals surface area (Å²) in [5, 5.41) is 0.325. The molecule has 10 heteroatoms. The second-order valence-corrected chi connectivity index (χ2v) is 8.58. The molecule has 0 spiro atoms. The number of sulfonamides is 1. The molecule has 0 radical (unpaired) electrons. The zero-order chi connectivity index (χ0) is 20.3. The Morgan fingerprint density at radius 2 is 1.75 bits per heavy atom. The first-order valence-corrected chi connectivity index (χ1v) is 10.6. The van der Waals surface area contributed by atoms with Gasteiger partial charge in [0, 0.05) is 0 Å². The van der Waals surface area contributed by atoms with Gasteiger partial charge < -0.3 is 9.47 Å². The van der Waals surface area contributed by atoms with Gasteiger partial charge in [-0.05, 0) is 47.7 Å². The fraction of sp³-hybridized carbons (Fsp3) is 0.111. The fourth-order valence-electron chi connectivity index (χ4n) is 2.41. The molecule has 1 fully saturated rings. The molecule has 1 aliphatic heterocycles. The molecule has 0 unspecified atom stereocenters. The summed E-state index contributed by atoms with van der Waals surface area (Å²) in [5.74, 6) is 1.10. The van der Waals surface area contributed by atoms with Gasteiger partial charge >= 0.3 is 5.24 Å². The maximum atomic E-state index is 12.5. The van der Waals surface area contributed by atoms with Crippen LogP contribution in [0.2, 0.25) is 0 Å². The Balaban J connectivity index is 1.85. The van der Waals surface area contributed by atoms with Crippen LogP contribution in [0.25, 0.3) is 6.08 Å². The smallest absolute Gasteiger partial charge is 0.307 e. The number of amides is 1. The lowest BCUT2D eigenvalue weighted by Gasteiger charge is -2.16. The van der Waals surface area contributed by atoms with Crippen molar-refractivity contribution in [2.24, 2.45) is 0 Å². The van der Waals surface area contributed by atoms with Crippen molar-refractivity contribution in [1.82, 2.24) is 9.84 Å². The van der Waals surface area contributed by atoms with E-state index >= 15 is 0 Å². The average Bonchev–Trinajstić information content (AvgIpc) is 2.95. The number of hydrazine groups is 1. The maximum absolute atomic E-state index is 12.5. The first kappa shape index (κ1) is 20.3. The van der Waals surface area contributed by atoms with E-state index < -0.39 is 15.3 Å². The van der Waals surface area contributed by atoms with Crippen molar-refractivity contribution >= 4 is 50.3 Å². The molecule has 2 aromatic rings. The molecule has 0 bridgehead atoms. The summed E-state index contributed by atoms with van der Waals surface area (Å²) in [5.41, 5.74) is 0.725. The zero-order valence-electron chi connectivity index (χ0n) is 14.9. The lowest BCUT2D eigenvalue weighted by Crippen LogP contribution is -2.44. The Morgan fingerprint density at radius 1 is 1.07 bits per heavy atom. The first-order chi connectivity index (χ1) is 13.4. The second kappa shape index (κ2) is 8.31. The SMILES string of the molecule is COc1ccc(C=C2SC(=O)N(NS(=O)(=O)c3ccccc3)C2=S)cc1OC. The highest BCUT2D eigenvalue weighted by atomic mass is 32.2. The lowest BCUT2D eigenvalue weighted by atomic mass is 10.2. The van der Waals surface area contributed by atoms with E-state index in [0.717, 1.165) is 22.3 Å². The normalized spacial score (nSPS) is 15.9. The van der Waals surface area contributed by atoms with E-state index in [0.29, 0.717) is 16.4 Å². The van der Waals surface area contributed by atoms with Gasteiger partial charge in [0.25, 0.3) is 10.0 Å². The van der Waals surface area contributed by atoms with Crippen LogP contribution in [0, 0.1) is 0 Å². The van der Waals surface area contributed by atoms with Crippen molar-refractivity contribution in [1.29, 1.82) is 0 Å². The third-order valence-corrected chi connectivity index (χ3v) is 6.50. The molecule has 0 saturated carbocycles. The van der Waals surface area contributed by atoms with E-state index in [4.69, 9.17) is 21.7 Å². The molecule has 1 amide bonds. The van der Waals surface area contributed by atoms with Crippen molar-refractivity contribution in [3.63, 3.8) is 0 Å². The number of carbonyl (C=O) groups excluding carboxylic acids is 1.